The van der Waals surface area contributed by atoms with Crippen LogP contribution in [0.4, 0.5) is 16.2 Å². The number of methoxy groups -OCH3 is 1. The van der Waals surface area contributed by atoms with Gasteiger partial charge in [0.1, 0.15) is 17.6 Å². The summed E-state index contributed by atoms with van der Waals surface area (Å²) in [6.07, 6.45) is 9.00. The first-order valence-corrected chi connectivity index (χ1v) is 26.5. The lowest BCUT2D eigenvalue weighted by Crippen LogP contribution is -2.31. The van der Waals surface area contributed by atoms with Gasteiger partial charge in [0, 0.05) is 53.4 Å². The second-order valence-corrected chi connectivity index (χ2v) is 20.2. The second-order valence-electron chi connectivity index (χ2n) is 18.5. The van der Waals surface area contributed by atoms with Crippen LogP contribution in [0.2, 0.25) is 0 Å². The first kappa shape index (κ1) is 52.8. The molecule has 0 saturated heterocycles. The highest BCUT2D eigenvalue weighted by Crippen LogP contribution is 2.31. The third-order valence-corrected chi connectivity index (χ3v) is 14.6. The van der Waals surface area contributed by atoms with Gasteiger partial charge in [0.05, 0.1) is 29.7 Å². The highest BCUT2D eigenvalue weighted by Gasteiger charge is 2.23. The highest BCUT2D eigenvalue weighted by atomic mass is 32.2. The number of tetrazole rings is 1. The van der Waals surface area contributed by atoms with Gasteiger partial charge >= 0.3 is 6.09 Å². The number of benzene rings is 6. The molecule has 3 heterocycles. The fourth-order valence-electron chi connectivity index (χ4n) is 9.15. The summed E-state index contributed by atoms with van der Waals surface area (Å²) in [6, 6.07) is 40.6. The molecule has 6 aromatic carbocycles. The molecule has 0 atom stereocenters. The minimum Gasteiger partial charge on any atom is -0.496 e. The number of nitrogens with zero attached hydrogens (tertiary/aromatic N) is 4. The number of unbranched alkanes of at least 4 members (excludes halogenated alkanes) is 1. The molecule has 9 aromatic rings. The van der Waals surface area contributed by atoms with Crippen molar-refractivity contribution >= 4 is 61.2 Å². The predicted octanol–water partition coefficient (Wildman–Crippen LogP) is 10.3. The van der Waals surface area contributed by atoms with Gasteiger partial charge in [-0.3, -0.25) is 19.7 Å². The minimum absolute atomic E-state index is 0.0221. The van der Waals surface area contributed by atoms with Gasteiger partial charge in [-0.25, -0.2) is 23.0 Å². The SMILES string of the molecule is COc1cc(C(=O)NS(=O)(=O)c2ccccc2C)ccc1Cc1cn(C)c2ccc(NC(=O)OC3CCCC3)cc12.O=C(Nc1cccc2c(=O)cc(-c3nnn[nH]3)oc12)c1ccc(OCCCCc2ccccc2)cc1. The van der Waals surface area contributed by atoms with Crippen molar-refractivity contribution in [3.05, 3.63) is 189 Å². The van der Waals surface area contributed by atoms with E-state index in [-0.39, 0.29) is 45.1 Å². The number of rotatable bonds is 17. The number of fused-ring (bicyclic) bond motifs is 2. The minimum atomic E-state index is -4.04. The van der Waals surface area contributed by atoms with Crippen LogP contribution in [0.3, 0.4) is 0 Å². The Bertz CT molecular complexity index is 3730. The molecule has 0 bridgehead atoms. The Labute approximate surface area is 443 Å². The molecule has 18 nitrogen and oxygen atoms in total. The number of aromatic amines is 1. The van der Waals surface area contributed by atoms with Crippen molar-refractivity contribution in [3.8, 4) is 23.1 Å². The van der Waals surface area contributed by atoms with E-state index in [1.54, 1.807) is 79.7 Å². The number of amides is 3. The number of H-pyrrole nitrogens is 1. The van der Waals surface area contributed by atoms with E-state index in [9.17, 15) is 27.6 Å². The molecule has 77 heavy (non-hydrogen) atoms. The number of aryl methyl sites for hydroxylation is 3. The Balaban J connectivity index is 0.000000189. The van der Waals surface area contributed by atoms with E-state index in [0.29, 0.717) is 52.4 Å². The summed E-state index contributed by atoms with van der Waals surface area (Å²) in [5.41, 5.74) is 6.24. The molecular formula is C58H56N8O10S. The van der Waals surface area contributed by atoms with Crippen molar-refractivity contribution < 1.29 is 41.4 Å². The molecule has 1 saturated carbocycles. The predicted molar refractivity (Wildman–Crippen MR) is 292 cm³/mol. The summed E-state index contributed by atoms with van der Waals surface area (Å²) in [4.78, 5) is 50.8. The molecule has 4 N–H and O–H groups in total. The van der Waals surface area contributed by atoms with E-state index >= 15 is 0 Å². The molecular weight excluding hydrogens is 1000 g/mol. The monoisotopic (exact) mass is 1060 g/mol. The standard InChI is InChI=1S/C31H33N3O6S.C27H23N5O4/c1-20-8-4-7-11-29(20)41(37,38)33-30(35)22-13-12-21(28(17-22)39-3)16-23-19-34(2)27-15-14-24(18-26(23)27)32-31(36)40-25-9-5-6-10-25;33-23-17-24(26-29-31-32-30-26)36-25-21(23)10-6-11-22(25)28-27(34)19-12-14-20(15-13-19)35-16-5-4-9-18-7-2-1-3-8-18/h4,7-8,11-15,17-19,25H,5-6,9-10,16H2,1-3H3,(H,32,36)(H,33,35);1-3,6-8,10-15,17H,4-5,9,16H2,(H,28,34)(H,29,30,31,32). The number of para-hydroxylation sites is 1. The van der Waals surface area contributed by atoms with Crippen LogP contribution in [0, 0.1) is 6.92 Å². The number of ether oxygens (including phenoxy) is 3. The van der Waals surface area contributed by atoms with E-state index in [4.69, 9.17) is 18.6 Å². The van der Waals surface area contributed by atoms with Crippen molar-refractivity contribution in [3.63, 3.8) is 0 Å². The number of aromatic nitrogens is 5. The van der Waals surface area contributed by atoms with Crippen molar-refractivity contribution in [2.24, 2.45) is 7.05 Å². The Morgan fingerprint density at radius 1 is 0.792 bits per heavy atom. The molecule has 1 aliphatic carbocycles. The summed E-state index contributed by atoms with van der Waals surface area (Å²) in [7, 11) is -0.583. The zero-order chi connectivity index (χ0) is 53.9. The molecule has 1 aliphatic rings. The Morgan fingerprint density at radius 2 is 1.56 bits per heavy atom. The van der Waals surface area contributed by atoms with Gasteiger partial charge < -0.3 is 28.5 Å². The van der Waals surface area contributed by atoms with Gasteiger partial charge in [-0.1, -0.05) is 60.7 Å². The lowest BCUT2D eigenvalue weighted by atomic mass is 10.0. The second kappa shape index (κ2) is 24.1. The first-order valence-electron chi connectivity index (χ1n) is 25.1. The maximum absolute atomic E-state index is 12.9. The molecule has 3 aromatic heterocycles. The highest BCUT2D eigenvalue weighted by molar-refractivity contribution is 7.90. The lowest BCUT2D eigenvalue weighted by molar-refractivity contribution is 0.0979. The van der Waals surface area contributed by atoms with Gasteiger partial charge in [0.25, 0.3) is 21.8 Å². The van der Waals surface area contributed by atoms with Gasteiger partial charge in [0.2, 0.25) is 5.82 Å². The topological polar surface area (TPSA) is 239 Å². The largest absolute Gasteiger partial charge is 0.496 e. The van der Waals surface area contributed by atoms with E-state index < -0.39 is 22.0 Å². The number of hydrogen-bond acceptors (Lipinski definition) is 13. The van der Waals surface area contributed by atoms with Crippen LogP contribution < -0.4 is 30.3 Å². The Kier molecular flexibility index (Phi) is 16.5. The quantitative estimate of drug-likeness (QED) is 0.0622. The number of anilines is 2. The zero-order valence-electron chi connectivity index (χ0n) is 42.6. The summed E-state index contributed by atoms with van der Waals surface area (Å²) < 4.78 is 52.6. The average molecular weight is 1060 g/mol. The molecule has 0 aliphatic heterocycles. The zero-order valence-corrected chi connectivity index (χ0v) is 43.4. The first-order chi connectivity index (χ1) is 37.3. The number of nitrogens with one attached hydrogen (secondary N) is 4. The Hall–Kier alpha value is -9.10. The summed E-state index contributed by atoms with van der Waals surface area (Å²) in [5.74, 6) is 0.454. The fraction of sp³-hybridized carbons (Fsp3) is 0.224. The average Bonchev–Trinajstić information content (AvgIpc) is 4.23. The van der Waals surface area contributed by atoms with Gasteiger partial charge in [0.15, 0.2) is 16.8 Å². The summed E-state index contributed by atoms with van der Waals surface area (Å²) in [6.45, 7) is 2.28. The maximum atomic E-state index is 12.9. The van der Waals surface area contributed by atoms with Gasteiger partial charge in [-0.15, -0.1) is 5.10 Å². The molecule has 3 amide bonds. The maximum Gasteiger partial charge on any atom is 0.411 e. The normalized spacial score (nSPS) is 12.4. The van der Waals surface area contributed by atoms with Crippen molar-refractivity contribution in [2.45, 2.75) is 69.3 Å². The van der Waals surface area contributed by atoms with Crippen LogP contribution in [0.25, 0.3) is 33.5 Å². The van der Waals surface area contributed by atoms with Crippen molar-refractivity contribution in [2.75, 3.05) is 24.4 Å². The molecule has 0 spiro atoms. The number of sulfonamides is 1. The molecule has 0 radical (unpaired) electrons. The van der Waals surface area contributed by atoms with E-state index in [2.05, 4.69) is 48.1 Å². The molecule has 394 valence electrons. The van der Waals surface area contributed by atoms with Crippen LogP contribution in [-0.4, -0.2) is 71.3 Å². The number of carbonyl (C=O) groups excluding carboxylic acids is 3. The lowest BCUT2D eigenvalue weighted by Gasteiger charge is -2.13. The molecule has 10 rings (SSSR count). The van der Waals surface area contributed by atoms with Crippen LogP contribution in [0.1, 0.15) is 81.5 Å². The third kappa shape index (κ3) is 13.1. The Morgan fingerprint density at radius 3 is 2.31 bits per heavy atom. The number of hydrogen-bond donors (Lipinski definition) is 4. The molecule has 19 heteroatoms. The van der Waals surface area contributed by atoms with E-state index in [1.807, 2.05) is 54.2 Å². The van der Waals surface area contributed by atoms with Gasteiger partial charge in [-0.05, 0) is 157 Å². The van der Waals surface area contributed by atoms with Crippen LogP contribution in [0.15, 0.2) is 160 Å². The molecule has 1 fully saturated rings. The fourth-order valence-corrected chi connectivity index (χ4v) is 10.4. The summed E-state index contributed by atoms with van der Waals surface area (Å²) in [5, 5.41) is 20.3. The van der Waals surface area contributed by atoms with Crippen LogP contribution >= 0.6 is 0 Å². The van der Waals surface area contributed by atoms with E-state index in [1.165, 1.54) is 30.9 Å². The summed E-state index contributed by atoms with van der Waals surface area (Å²) >= 11 is 0. The van der Waals surface area contributed by atoms with Crippen LogP contribution in [-0.2, 0) is 34.6 Å². The smallest absolute Gasteiger partial charge is 0.411 e. The van der Waals surface area contributed by atoms with E-state index in [0.717, 1.165) is 67.0 Å². The number of carbonyl (C=O) groups is 3. The van der Waals surface area contributed by atoms with Crippen LogP contribution in [0.5, 0.6) is 11.5 Å². The van der Waals surface area contributed by atoms with Crippen molar-refractivity contribution in [1.82, 2.24) is 29.9 Å². The molecule has 0 unspecified atom stereocenters. The van der Waals surface area contributed by atoms with Crippen molar-refractivity contribution in [1.29, 1.82) is 0 Å². The third-order valence-electron chi connectivity index (χ3n) is 13.1. The van der Waals surface area contributed by atoms with Gasteiger partial charge in [-0.2, -0.15) is 0 Å².